The molecule has 1 aromatic carbocycles. The van der Waals surface area contributed by atoms with Crippen LogP contribution in [0.3, 0.4) is 0 Å². The monoisotopic (exact) mass is 371 g/mol. The van der Waals surface area contributed by atoms with Gasteiger partial charge in [0.1, 0.15) is 0 Å². The number of aliphatic hydroxyl groups excluding tert-OH is 2. The third kappa shape index (κ3) is 3.25. The molecule has 1 aliphatic rings. The van der Waals surface area contributed by atoms with Crippen LogP contribution in [0.15, 0.2) is 42.0 Å². The van der Waals surface area contributed by atoms with Crippen LogP contribution in [0.1, 0.15) is 34.1 Å². The predicted molar refractivity (Wildman–Crippen MR) is 100 cm³/mol. The molecule has 0 bridgehead atoms. The number of benzene rings is 1. The van der Waals surface area contributed by atoms with Crippen LogP contribution in [0.5, 0.6) is 0 Å². The normalized spacial score (nSPS) is 20.7. The molecule has 1 atom stereocenters. The van der Waals surface area contributed by atoms with Gasteiger partial charge in [-0.05, 0) is 48.4 Å². The van der Waals surface area contributed by atoms with E-state index >= 15 is 0 Å². The summed E-state index contributed by atoms with van der Waals surface area (Å²) in [6.45, 7) is 0.524. The van der Waals surface area contributed by atoms with Crippen LogP contribution < -0.4 is 5.32 Å². The van der Waals surface area contributed by atoms with Gasteiger partial charge < -0.3 is 20.1 Å². The van der Waals surface area contributed by atoms with E-state index in [2.05, 4.69) is 10.3 Å². The summed E-state index contributed by atoms with van der Waals surface area (Å²) in [5.41, 5.74) is 2.19. The van der Waals surface area contributed by atoms with Crippen molar-refractivity contribution in [3.8, 4) is 0 Å². The Labute approximate surface area is 155 Å². The first kappa shape index (κ1) is 17.2. The van der Waals surface area contributed by atoms with Crippen LogP contribution in [0.25, 0.3) is 11.0 Å². The molecular weight excluding hydrogens is 350 g/mol. The van der Waals surface area contributed by atoms with E-state index in [0.717, 1.165) is 15.9 Å². The van der Waals surface area contributed by atoms with Gasteiger partial charge in [-0.25, -0.2) is 4.98 Å². The number of aromatic nitrogens is 2. The molecule has 2 aromatic heterocycles. The molecule has 0 radical (unpaired) electrons. The molecule has 3 aromatic rings. The molecule has 7 heteroatoms. The number of hydrogen-bond donors (Lipinski definition) is 3. The van der Waals surface area contributed by atoms with Gasteiger partial charge in [-0.1, -0.05) is 6.07 Å². The highest BCUT2D eigenvalue weighted by molar-refractivity contribution is 7.10. The minimum Gasteiger partial charge on any atom is -0.395 e. The predicted octanol–water partition coefficient (Wildman–Crippen LogP) is 2.33. The number of aliphatic hydroxyl groups is 2. The van der Waals surface area contributed by atoms with Gasteiger partial charge in [-0.15, -0.1) is 11.3 Å². The molecule has 4 rings (SSSR count). The molecule has 0 saturated heterocycles. The summed E-state index contributed by atoms with van der Waals surface area (Å²) in [6.07, 6.45) is 2.85. The Kier molecular flexibility index (Phi) is 4.76. The van der Waals surface area contributed by atoms with E-state index in [1.807, 2.05) is 28.1 Å². The standard InChI is InChI=1S/C19H21N3O3S/c23-6-5-22-11-20-15-10-12(3-4-16(15)22)19(25)21-18(13-8-14(24)9-13)17-2-1-7-26-17/h1-4,7,10-11,13-14,18,23-24H,5-6,8-9H2,(H,21,25)/t13?,14?,18-/m0/s1. The molecule has 26 heavy (non-hydrogen) atoms. The Morgan fingerprint density at radius 2 is 2.23 bits per heavy atom. The molecule has 3 N–H and O–H groups in total. The average Bonchev–Trinajstić information content (AvgIpc) is 3.27. The maximum absolute atomic E-state index is 12.8. The lowest BCUT2D eigenvalue weighted by Crippen LogP contribution is -2.41. The van der Waals surface area contributed by atoms with E-state index in [4.69, 9.17) is 5.11 Å². The summed E-state index contributed by atoms with van der Waals surface area (Å²) in [5, 5.41) is 23.9. The van der Waals surface area contributed by atoms with Gasteiger partial charge in [-0.3, -0.25) is 4.79 Å². The van der Waals surface area contributed by atoms with Crippen LogP contribution in [-0.2, 0) is 6.54 Å². The molecule has 0 spiro atoms. The Morgan fingerprint density at radius 1 is 1.38 bits per heavy atom. The molecule has 1 fully saturated rings. The number of hydrogen-bond acceptors (Lipinski definition) is 5. The molecular formula is C19H21N3O3S. The van der Waals surface area contributed by atoms with Crippen molar-refractivity contribution in [2.45, 2.75) is 31.5 Å². The topological polar surface area (TPSA) is 87.4 Å². The lowest BCUT2D eigenvalue weighted by molar-refractivity contribution is 0.0241. The molecule has 6 nitrogen and oxygen atoms in total. The number of nitrogens with one attached hydrogen (secondary N) is 1. The Balaban J connectivity index is 1.55. The van der Waals surface area contributed by atoms with Gasteiger partial charge in [0.05, 0.1) is 36.1 Å². The first-order valence-corrected chi connectivity index (χ1v) is 9.61. The van der Waals surface area contributed by atoms with Gasteiger partial charge in [0, 0.05) is 17.0 Å². The molecule has 1 saturated carbocycles. The van der Waals surface area contributed by atoms with Crippen LogP contribution in [0.4, 0.5) is 0 Å². The highest BCUT2D eigenvalue weighted by atomic mass is 32.1. The largest absolute Gasteiger partial charge is 0.395 e. The number of nitrogens with zero attached hydrogens (tertiary/aromatic N) is 2. The van der Waals surface area contributed by atoms with Gasteiger partial charge >= 0.3 is 0 Å². The third-order valence-electron chi connectivity index (χ3n) is 4.98. The van der Waals surface area contributed by atoms with E-state index in [9.17, 15) is 9.90 Å². The van der Waals surface area contributed by atoms with Crippen molar-refractivity contribution in [2.75, 3.05) is 6.61 Å². The van der Waals surface area contributed by atoms with Gasteiger partial charge in [0.2, 0.25) is 0 Å². The van der Waals surface area contributed by atoms with Gasteiger partial charge in [0.15, 0.2) is 0 Å². The van der Waals surface area contributed by atoms with Crippen molar-refractivity contribution >= 4 is 28.3 Å². The van der Waals surface area contributed by atoms with Crippen molar-refractivity contribution in [3.63, 3.8) is 0 Å². The number of amides is 1. The second-order valence-corrected chi connectivity index (χ2v) is 7.70. The minimum absolute atomic E-state index is 0.0451. The highest BCUT2D eigenvalue weighted by Crippen LogP contribution is 2.39. The van der Waals surface area contributed by atoms with E-state index in [1.54, 1.807) is 29.8 Å². The lowest BCUT2D eigenvalue weighted by Gasteiger charge is -2.37. The zero-order valence-corrected chi connectivity index (χ0v) is 15.0. The second kappa shape index (κ2) is 7.19. The maximum atomic E-state index is 12.8. The summed E-state index contributed by atoms with van der Waals surface area (Å²) in [5.74, 6) is 0.128. The number of rotatable bonds is 6. The maximum Gasteiger partial charge on any atom is 0.251 e. The Morgan fingerprint density at radius 3 is 2.92 bits per heavy atom. The minimum atomic E-state index is -0.258. The van der Waals surface area contributed by atoms with E-state index < -0.39 is 0 Å². The number of carbonyl (C=O) groups excluding carboxylic acids is 1. The highest BCUT2D eigenvalue weighted by Gasteiger charge is 2.36. The smallest absolute Gasteiger partial charge is 0.251 e. The summed E-state index contributed by atoms with van der Waals surface area (Å²) in [4.78, 5) is 18.2. The molecule has 136 valence electrons. The Hall–Kier alpha value is -2.22. The molecule has 1 aliphatic carbocycles. The van der Waals surface area contributed by atoms with E-state index in [1.165, 1.54) is 0 Å². The van der Waals surface area contributed by atoms with Gasteiger partial charge in [0.25, 0.3) is 5.91 Å². The van der Waals surface area contributed by atoms with Crippen molar-refractivity contribution < 1.29 is 15.0 Å². The quantitative estimate of drug-likeness (QED) is 0.621. The van der Waals surface area contributed by atoms with Crippen molar-refractivity contribution in [3.05, 3.63) is 52.5 Å². The number of thiophene rings is 1. The summed E-state index contributed by atoms with van der Waals surface area (Å²) < 4.78 is 1.86. The van der Waals surface area contributed by atoms with Crippen molar-refractivity contribution in [1.82, 2.24) is 14.9 Å². The van der Waals surface area contributed by atoms with Crippen molar-refractivity contribution in [1.29, 1.82) is 0 Å². The SMILES string of the molecule is O=C(N[C@H](c1cccs1)C1CC(O)C1)c1ccc2c(c1)ncn2CCO. The zero-order valence-electron chi connectivity index (χ0n) is 14.2. The van der Waals surface area contributed by atoms with Crippen LogP contribution in [0.2, 0.25) is 0 Å². The average molecular weight is 371 g/mol. The first-order valence-electron chi connectivity index (χ1n) is 8.74. The van der Waals surface area contributed by atoms with Gasteiger partial charge in [-0.2, -0.15) is 0 Å². The molecule has 2 heterocycles. The van der Waals surface area contributed by atoms with Crippen LogP contribution in [0, 0.1) is 5.92 Å². The second-order valence-electron chi connectivity index (χ2n) is 6.72. The lowest BCUT2D eigenvalue weighted by atomic mass is 9.76. The fourth-order valence-electron chi connectivity index (χ4n) is 3.51. The summed E-state index contributed by atoms with van der Waals surface area (Å²) in [6, 6.07) is 9.36. The molecule has 0 aliphatic heterocycles. The fraction of sp³-hybridized carbons (Fsp3) is 0.368. The zero-order chi connectivity index (χ0) is 18.1. The van der Waals surface area contributed by atoms with Crippen LogP contribution >= 0.6 is 11.3 Å². The first-order chi connectivity index (χ1) is 12.7. The molecule has 1 amide bonds. The fourth-order valence-corrected chi connectivity index (χ4v) is 4.38. The van der Waals surface area contributed by atoms with Crippen molar-refractivity contribution in [2.24, 2.45) is 5.92 Å². The summed E-state index contributed by atoms with van der Waals surface area (Å²) in [7, 11) is 0. The summed E-state index contributed by atoms with van der Waals surface area (Å²) >= 11 is 1.62. The third-order valence-corrected chi connectivity index (χ3v) is 5.94. The number of fused-ring (bicyclic) bond motifs is 1. The number of carbonyl (C=O) groups is 1. The number of imidazole rings is 1. The van der Waals surface area contributed by atoms with E-state index in [0.29, 0.717) is 24.9 Å². The Bertz CT molecular complexity index is 900. The van der Waals surface area contributed by atoms with Crippen LogP contribution in [-0.4, -0.2) is 38.4 Å². The van der Waals surface area contributed by atoms with E-state index in [-0.39, 0.29) is 30.6 Å². The molecule has 0 unspecified atom stereocenters.